The maximum atomic E-state index is 10.3. The van der Waals surface area contributed by atoms with Gasteiger partial charge in [0.1, 0.15) is 0 Å². The number of rotatable bonds is 13. The predicted molar refractivity (Wildman–Crippen MR) is 138 cm³/mol. The van der Waals surface area contributed by atoms with Gasteiger partial charge in [0.15, 0.2) is 5.60 Å². The Labute approximate surface area is 225 Å². The van der Waals surface area contributed by atoms with E-state index in [0.29, 0.717) is 0 Å². The molecule has 0 aliphatic heterocycles. The third-order valence-electron chi connectivity index (χ3n) is 5.42. The third kappa shape index (κ3) is 10.7. The van der Waals surface area contributed by atoms with Gasteiger partial charge in [0, 0.05) is 49.3 Å². The van der Waals surface area contributed by atoms with Gasteiger partial charge in [-0.3, -0.25) is 19.5 Å². The zero-order valence-corrected chi connectivity index (χ0v) is 21.7. The number of aliphatic carboxylic acids is 3. The van der Waals surface area contributed by atoms with E-state index in [-0.39, 0.29) is 0 Å². The van der Waals surface area contributed by atoms with E-state index in [2.05, 4.69) is 37.6 Å². The van der Waals surface area contributed by atoms with Crippen LogP contribution in [-0.2, 0) is 34.0 Å². The molecule has 3 rings (SSSR count). The number of halogens is 1. The molecule has 0 saturated carbocycles. The number of hydrogen-bond donors (Lipinski definition) is 4. The Morgan fingerprint density at radius 3 is 2.24 bits per heavy atom. The lowest BCUT2D eigenvalue weighted by Gasteiger charge is -2.23. The van der Waals surface area contributed by atoms with Crippen molar-refractivity contribution in [1.29, 1.82) is 0 Å². The minimum atomic E-state index is -2.74. The van der Waals surface area contributed by atoms with Crippen molar-refractivity contribution in [1.82, 2.24) is 19.4 Å². The second-order valence-electron chi connectivity index (χ2n) is 8.70. The van der Waals surface area contributed by atoms with Gasteiger partial charge >= 0.3 is 17.9 Å². The number of carboxylic acids is 3. The number of hydrogen-bond acceptors (Lipinski definition) is 7. The van der Waals surface area contributed by atoms with Crippen LogP contribution in [0.15, 0.2) is 61.2 Å². The lowest BCUT2D eigenvalue weighted by atomic mass is 9.96. The standard InChI is InChI=1S/C20H23ClN4.C6H8O7/c1-17-6-4-8-19(23-17)15-25(12-5-11-24-13-10-22-16-24)14-18-7-2-3-9-20(18)21;7-3(8)1-6(13,5(11)12)2-4(9)10/h2-4,6-10,13,16H,5,11-12,14-15H2,1H3;13H,1-2H2,(H,7,8)(H,9,10)(H,11,12). The quantitative estimate of drug-likeness (QED) is 0.250. The molecule has 4 N–H and O–H groups in total. The second kappa shape index (κ2) is 14.8. The topological polar surface area (TPSA) is 166 Å². The Kier molecular flexibility index (Phi) is 11.9. The zero-order valence-electron chi connectivity index (χ0n) is 20.9. The molecule has 0 amide bonds. The van der Waals surface area contributed by atoms with E-state index >= 15 is 0 Å². The van der Waals surface area contributed by atoms with Gasteiger partial charge in [-0.15, -0.1) is 0 Å². The molecular formula is C26H31ClN4O7. The minimum absolute atomic E-state index is 0.816. The van der Waals surface area contributed by atoms with E-state index in [4.69, 9.17) is 32.0 Å². The summed E-state index contributed by atoms with van der Waals surface area (Å²) < 4.78 is 2.11. The Bertz CT molecular complexity index is 1190. The van der Waals surface area contributed by atoms with Crippen LogP contribution in [0, 0.1) is 6.92 Å². The maximum absolute atomic E-state index is 10.3. The molecule has 0 bridgehead atoms. The molecule has 0 aliphatic carbocycles. The highest BCUT2D eigenvalue weighted by Gasteiger charge is 2.40. The number of pyridine rings is 1. The summed E-state index contributed by atoms with van der Waals surface area (Å²) >= 11 is 6.36. The highest BCUT2D eigenvalue weighted by atomic mass is 35.5. The minimum Gasteiger partial charge on any atom is -0.481 e. The number of benzene rings is 1. The van der Waals surface area contributed by atoms with E-state index < -0.39 is 36.4 Å². The number of aromatic nitrogens is 3. The zero-order chi connectivity index (χ0) is 28.1. The number of carbonyl (C=O) groups is 3. The van der Waals surface area contributed by atoms with E-state index in [1.54, 1.807) is 0 Å². The van der Waals surface area contributed by atoms with E-state index in [1.807, 2.05) is 49.9 Å². The number of carboxylic acid groups (broad SMARTS) is 3. The summed E-state index contributed by atoms with van der Waals surface area (Å²) in [6.45, 7) is 5.59. The summed E-state index contributed by atoms with van der Waals surface area (Å²) in [6.07, 6.45) is 4.44. The smallest absolute Gasteiger partial charge is 0.336 e. The number of nitrogens with zero attached hydrogens (tertiary/aromatic N) is 4. The van der Waals surface area contributed by atoms with Crippen LogP contribution in [0.4, 0.5) is 0 Å². The molecular weight excluding hydrogens is 516 g/mol. The van der Waals surface area contributed by atoms with Gasteiger partial charge in [-0.2, -0.15) is 0 Å². The van der Waals surface area contributed by atoms with Crippen LogP contribution < -0.4 is 0 Å². The van der Waals surface area contributed by atoms with Crippen LogP contribution in [-0.4, -0.2) is 69.9 Å². The molecule has 0 atom stereocenters. The molecule has 2 aromatic heterocycles. The number of imidazole rings is 1. The summed E-state index contributed by atoms with van der Waals surface area (Å²) in [5, 5.41) is 34.6. The molecule has 204 valence electrons. The Hall–Kier alpha value is -3.80. The molecule has 12 heteroatoms. The summed E-state index contributed by atoms with van der Waals surface area (Å²) in [5.74, 6) is -5.02. The highest BCUT2D eigenvalue weighted by Crippen LogP contribution is 2.19. The van der Waals surface area contributed by atoms with E-state index in [9.17, 15) is 14.4 Å². The van der Waals surface area contributed by atoms with Crippen molar-refractivity contribution in [3.63, 3.8) is 0 Å². The fourth-order valence-electron chi connectivity index (χ4n) is 3.61. The van der Waals surface area contributed by atoms with Crippen LogP contribution in [0.5, 0.6) is 0 Å². The van der Waals surface area contributed by atoms with Gasteiger partial charge in [-0.1, -0.05) is 35.9 Å². The van der Waals surface area contributed by atoms with Crippen molar-refractivity contribution in [3.05, 3.63) is 83.2 Å². The average molecular weight is 547 g/mol. The van der Waals surface area contributed by atoms with E-state index in [1.165, 1.54) is 0 Å². The molecule has 0 unspecified atom stereocenters. The van der Waals surface area contributed by atoms with Crippen molar-refractivity contribution in [2.45, 2.75) is 51.4 Å². The molecule has 3 aromatic rings. The summed E-state index contributed by atoms with van der Waals surface area (Å²) in [7, 11) is 0. The van der Waals surface area contributed by atoms with Crippen LogP contribution >= 0.6 is 11.6 Å². The molecule has 0 aliphatic rings. The second-order valence-corrected chi connectivity index (χ2v) is 9.11. The SMILES string of the molecule is Cc1cccc(CN(CCCn2ccnc2)Cc2ccccc2Cl)n1.O=C(O)CC(O)(CC(=O)O)C(=O)O. The molecule has 38 heavy (non-hydrogen) atoms. The first-order valence-corrected chi connectivity index (χ1v) is 12.1. The maximum Gasteiger partial charge on any atom is 0.336 e. The molecule has 1 aromatic carbocycles. The van der Waals surface area contributed by atoms with Gasteiger partial charge in [0.2, 0.25) is 0 Å². The largest absolute Gasteiger partial charge is 0.481 e. The van der Waals surface area contributed by atoms with Crippen molar-refractivity contribution < 1.29 is 34.8 Å². The summed E-state index contributed by atoms with van der Waals surface area (Å²) in [6, 6.07) is 14.2. The molecule has 0 radical (unpaired) electrons. The fraction of sp³-hybridized carbons (Fsp3) is 0.346. The first kappa shape index (κ1) is 30.4. The van der Waals surface area contributed by atoms with Gasteiger partial charge < -0.3 is 25.0 Å². The predicted octanol–water partition coefficient (Wildman–Crippen LogP) is 3.08. The number of aryl methyl sites for hydroxylation is 2. The lowest BCUT2D eigenvalue weighted by Crippen LogP contribution is -2.42. The third-order valence-corrected chi connectivity index (χ3v) is 5.79. The number of aliphatic hydroxyl groups is 1. The van der Waals surface area contributed by atoms with Crippen molar-refractivity contribution in [3.8, 4) is 0 Å². The molecule has 0 saturated heterocycles. The van der Waals surface area contributed by atoms with Gasteiger partial charge in [-0.05, 0) is 37.1 Å². The summed E-state index contributed by atoms with van der Waals surface area (Å²) in [5.41, 5.74) is 0.556. The average Bonchev–Trinajstić information content (AvgIpc) is 3.33. The Morgan fingerprint density at radius 1 is 1.00 bits per heavy atom. The molecule has 0 fully saturated rings. The Balaban J connectivity index is 0.000000332. The first-order chi connectivity index (χ1) is 18.0. The van der Waals surface area contributed by atoms with E-state index in [0.717, 1.165) is 54.6 Å². The van der Waals surface area contributed by atoms with Crippen LogP contribution in [0.1, 0.15) is 36.2 Å². The van der Waals surface area contributed by atoms with Gasteiger partial charge in [-0.25, -0.2) is 9.78 Å². The fourth-order valence-corrected chi connectivity index (χ4v) is 3.80. The molecule has 2 heterocycles. The van der Waals surface area contributed by atoms with Crippen molar-refractivity contribution >= 4 is 29.5 Å². The van der Waals surface area contributed by atoms with Crippen molar-refractivity contribution in [2.75, 3.05) is 6.54 Å². The normalized spacial score (nSPS) is 11.1. The summed E-state index contributed by atoms with van der Waals surface area (Å²) in [4.78, 5) is 41.6. The first-order valence-electron chi connectivity index (χ1n) is 11.7. The Morgan fingerprint density at radius 2 is 1.68 bits per heavy atom. The van der Waals surface area contributed by atoms with Crippen molar-refractivity contribution in [2.24, 2.45) is 0 Å². The van der Waals surface area contributed by atoms with Gasteiger partial charge in [0.25, 0.3) is 0 Å². The highest BCUT2D eigenvalue weighted by molar-refractivity contribution is 6.31. The molecule has 0 spiro atoms. The van der Waals surface area contributed by atoms with Crippen LogP contribution in [0.3, 0.4) is 0 Å². The van der Waals surface area contributed by atoms with Crippen LogP contribution in [0.2, 0.25) is 5.02 Å². The lowest BCUT2D eigenvalue weighted by molar-refractivity contribution is -0.170. The van der Waals surface area contributed by atoms with Gasteiger partial charge in [0.05, 0.1) is 24.9 Å². The van der Waals surface area contributed by atoms with Crippen LogP contribution in [0.25, 0.3) is 0 Å². The molecule has 11 nitrogen and oxygen atoms in total. The monoisotopic (exact) mass is 546 g/mol.